The lowest BCUT2D eigenvalue weighted by molar-refractivity contribution is 0.566. The first-order chi connectivity index (χ1) is 20.4. The van der Waals surface area contributed by atoms with E-state index in [0.29, 0.717) is 0 Å². The summed E-state index contributed by atoms with van der Waals surface area (Å²) in [6, 6.07) is 24.3. The average Bonchev–Trinajstić information content (AvgIpc) is 3.62. The van der Waals surface area contributed by atoms with Crippen molar-refractivity contribution in [2.24, 2.45) is 9.98 Å². The van der Waals surface area contributed by atoms with Gasteiger partial charge in [0, 0.05) is 11.5 Å². The van der Waals surface area contributed by atoms with E-state index in [1.54, 1.807) is 72.1 Å². The molecule has 2 aliphatic heterocycles. The van der Waals surface area contributed by atoms with Gasteiger partial charge >= 0.3 is 0 Å². The Morgan fingerprint density at radius 1 is 0.465 bits per heavy atom. The van der Waals surface area contributed by atoms with E-state index < -0.39 is 0 Å². The monoisotopic (exact) mass is 686 g/mol. The summed E-state index contributed by atoms with van der Waals surface area (Å²) in [4.78, 5) is 9.78. The largest absolute Gasteiger partial charge is 0.356 e. The molecule has 0 radical (unpaired) electrons. The Labute approximate surface area is 266 Å². The minimum atomic E-state index is -0.314. The standard InChI is InChI=1S/C32H26F4N4S2.BrH/c33-23-9-1-19(2-10-23)27-28(20-3-11-24(34)12-4-20)38-31(37-27)41-17-18-42-32-39-29(21-5-13-25(35)14-6-21)30(40-32)22-7-15-26(36)16-8-22;/h1-16,27-30H,17-18H2,(H,37,38)(H,39,40);1H. The van der Waals surface area contributed by atoms with E-state index in [-0.39, 0.29) is 64.4 Å². The second-order valence-electron chi connectivity index (χ2n) is 9.91. The van der Waals surface area contributed by atoms with Crippen LogP contribution in [-0.4, -0.2) is 21.8 Å². The molecular weight excluding hydrogens is 660 g/mol. The molecular formula is C32H27BrF4N4S2. The van der Waals surface area contributed by atoms with Crippen molar-refractivity contribution in [1.29, 1.82) is 0 Å². The number of benzene rings is 4. The smallest absolute Gasteiger partial charge is 0.157 e. The molecule has 0 saturated carbocycles. The van der Waals surface area contributed by atoms with Gasteiger partial charge in [0.1, 0.15) is 35.4 Å². The summed E-state index contributed by atoms with van der Waals surface area (Å²) in [5.74, 6) is 0.206. The van der Waals surface area contributed by atoms with E-state index >= 15 is 0 Å². The molecule has 6 rings (SSSR count). The molecule has 4 unspecified atom stereocenters. The molecule has 2 heterocycles. The van der Waals surface area contributed by atoms with Crippen molar-refractivity contribution in [3.8, 4) is 0 Å². The molecule has 0 spiro atoms. The maximum Gasteiger partial charge on any atom is 0.157 e. The van der Waals surface area contributed by atoms with Crippen LogP contribution in [0.5, 0.6) is 0 Å². The maximum atomic E-state index is 13.6. The van der Waals surface area contributed by atoms with Crippen LogP contribution < -0.4 is 10.6 Å². The highest BCUT2D eigenvalue weighted by atomic mass is 79.9. The SMILES string of the molecule is Br.Fc1ccc(C2N=C(SCCSC3=NC(c4ccc(F)cc4)C(c4ccc(F)cc4)N3)NC2c2ccc(F)cc2)cc1. The van der Waals surface area contributed by atoms with Gasteiger partial charge in [-0.15, -0.1) is 17.0 Å². The molecule has 4 aromatic rings. The van der Waals surface area contributed by atoms with E-state index in [1.165, 1.54) is 48.5 Å². The second-order valence-corrected chi connectivity index (χ2v) is 12.1. The van der Waals surface area contributed by atoms with Gasteiger partial charge in [-0.2, -0.15) is 0 Å². The number of rotatable bonds is 7. The van der Waals surface area contributed by atoms with Crippen LogP contribution in [0.2, 0.25) is 0 Å². The van der Waals surface area contributed by atoms with Gasteiger partial charge in [0.25, 0.3) is 0 Å². The Bertz CT molecular complexity index is 1460. The molecule has 2 N–H and O–H groups in total. The predicted molar refractivity (Wildman–Crippen MR) is 173 cm³/mol. The number of hydrogen-bond acceptors (Lipinski definition) is 6. The lowest BCUT2D eigenvalue weighted by Crippen LogP contribution is -2.24. The number of aliphatic imine (C=N–C) groups is 2. The highest BCUT2D eigenvalue weighted by molar-refractivity contribution is 8.93. The Kier molecular flexibility index (Phi) is 10.1. The van der Waals surface area contributed by atoms with Gasteiger partial charge in [-0.25, -0.2) is 17.6 Å². The molecule has 4 aromatic carbocycles. The third-order valence-electron chi connectivity index (χ3n) is 7.14. The molecule has 0 saturated heterocycles. The molecule has 4 nitrogen and oxygen atoms in total. The summed E-state index contributed by atoms with van der Waals surface area (Å²) >= 11 is 3.14. The van der Waals surface area contributed by atoms with Crippen molar-refractivity contribution in [3.05, 3.63) is 143 Å². The summed E-state index contributed by atoms with van der Waals surface area (Å²) in [5, 5.41) is 8.45. The quantitative estimate of drug-likeness (QED) is 0.151. The fourth-order valence-corrected chi connectivity index (χ4v) is 6.91. The third-order valence-corrected chi connectivity index (χ3v) is 9.21. The molecule has 0 amide bonds. The van der Waals surface area contributed by atoms with Crippen molar-refractivity contribution in [1.82, 2.24) is 10.6 Å². The number of nitrogens with one attached hydrogen (secondary N) is 2. The molecule has 0 aliphatic carbocycles. The van der Waals surface area contributed by atoms with Gasteiger partial charge in [0.15, 0.2) is 10.3 Å². The van der Waals surface area contributed by atoms with Crippen molar-refractivity contribution in [3.63, 3.8) is 0 Å². The molecule has 0 bridgehead atoms. The van der Waals surface area contributed by atoms with E-state index in [4.69, 9.17) is 9.98 Å². The zero-order valence-corrected chi connectivity index (χ0v) is 25.9. The van der Waals surface area contributed by atoms with Gasteiger partial charge in [-0.3, -0.25) is 9.98 Å². The maximum absolute atomic E-state index is 13.6. The summed E-state index contributed by atoms with van der Waals surface area (Å²) < 4.78 is 54.3. The van der Waals surface area contributed by atoms with Gasteiger partial charge in [0.05, 0.1) is 12.1 Å². The van der Waals surface area contributed by atoms with E-state index in [1.807, 2.05) is 0 Å². The van der Waals surface area contributed by atoms with Crippen LogP contribution >= 0.6 is 40.5 Å². The van der Waals surface area contributed by atoms with Crippen molar-refractivity contribution < 1.29 is 17.6 Å². The minimum absolute atomic E-state index is 0. The number of amidine groups is 2. The first-order valence-corrected chi connectivity index (χ1v) is 15.4. The first-order valence-electron chi connectivity index (χ1n) is 13.4. The second kappa shape index (κ2) is 14.0. The first kappa shape index (κ1) is 31.2. The number of thioether (sulfide) groups is 2. The van der Waals surface area contributed by atoms with Gasteiger partial charge in [-0.1, -0.05) is 72.1 Å². The molecule has 43 heavy (non-hydrogen) atoms. The highest BCUT2D eigenvalue weighted by Crippen LogP contribution is 2.39. The average molecular weight is 688 g/mol. The van der Waals surface area contributed by atoms with Crippen LogP contribution in [0.15, 0.2) is 107 Å². The lowest BCUT2D eigenvalue weighted by Gasteiger charge is -2.19. The van der Waals surface area contributed by atoms with Crippen molar-refractivity contribution in [2.45, 2.75) is 24.2 Å². The molecule has 2 aliphatic rings. The zero-order chi connectivity index (χ0) is 29.1. The molecule has 0 fully saturated rings. The predicted octanol–water partition coefficient (Wildman–Crippen LogP) is 8.47. The van der Waals surface area contributed by atoms with Crippen molar-refractivity contribution in [2.75, 3.05) is 11.5 Å². The normalized spacial score (nSPS) is 20.9. The van der Waals surface area contributed by atoms with E-state index in [0.717, 1.165) is 44.1 Å². The van der Waals surface area contributed by atoms with Crippen LogP contribution in [0.4, 0.5) is 17.6 Å². The Hall–Kier alpha value is -3.28. The summed E-state index contributed by atoms with van der Waals surface area (Å²) in [6.45, 7) is 0. The van der Waals surface area contributed by atoms with Gasteiger partial charge in [0.2, 0.25) is 0 Å². The van der Waals surface area contributed by atoms with Crippen LogP contribution in [0.1, 0.15) is 46.4 Å². The Balaban J connectivity index is 0.00000368. The Morgan fingerprint density at radius 2 is 0.744 bits per heavy atom. The molecule has 4 atom stereocenters. The summed E-state index contributed by atoms with van der Waals surface area (Å²) in [7, 11) is 0. The van der Waals surface area contributed by atoms with Crippen LogP contribution in [-0.2, 0) is 0 Å². The highest BCUT2D eigenvalue weighted by Gasteiger charge is 2.33. The van der Waals surface area contributed by atoms with Crippen molar-refractivity contribution >= 4 is 50.8 Å². The van der Waals surface area contributed by atoms with Crippen LogP contribution in [0.3, 0.4) is 0 Å². The molecule has 11 heteroatoms. The summed E-state index contributed by atoms with van der Waals surface area (Å²) in [5.41, 5.74) is 3.52. The van der Waals surface area contributed by atoms with E-state index in [2.05, 4.69) is 10.6 Å². The minimum Gasteiger partial charge on any atom is -0.356 e. The van der Waals surface area contributed by atoms with Crippen LogP contribution in [0.25, 0.3) is 0 Å². The van der Waals surface area contributed by atoms with Gasteiger partial charge < -0.3 is 10.6 Å². The molecule has 222 valence electrons. The zero-order valence-electron chi connectivity index (χ0n) is 22.6. The van der Waals surface area contributed by atoms with Crippen LogP contribution in [0, 0.1) is 23.3 Å². The third kappa shape index (κ3) is 7.45. The topological polar surface area (TPSA) is 48.8 Å². The number of hydrogen-bond donors (Lipinski definition) is 2. The Morgan fingerprint density at radius 3 is 1.05 bits per heavy atom. The fraction of sp³-hybridized carbons (Fsp3) is 0.188. The molecule has 0 aromatic heterocycles. The lowest BCUT2D eigenvalue weighted by atomic mass is 9.95. The number of halogens is 5. The van der Waals surface area contributed by atoms with Gasteiger partial charge in [-0.05, 0) is 70.8 Å². The van der Waals surface area contributed by atoms with E-state index in [9.17, 15) is 17.6 Å². The number of nitrogens with zero attached hydrogens (tertiary/aromatic N) is 2. The summed E-state index contributed by atoms with van der Waals surface area (Å²) in [6.07, 6.45) is 0. The fourth-order valence-electron chi connectivity index (χ4n) is 5.06.